The molecule has 0 bridgehead atoms. The zero-order valence-corrected chi connectivity index (χ0v) is 45.0. The summed E-state index contributed by atoms with van der Waals surface area (Å²) in [6.45, 7) is 7.00. The van der Waals surface area contributed by atoms with E-state index in [1.807, 2.05) is 0 Å². The van der Waals surface area contributed by atoms with Crippen LogP contribution in [0.3, 0.4) is 0 Å². The Labute approximate surface area is 457 Å². The van der Waals surface area contributed by atoms with Gasteiger partial charge in [-0.05, 0) is 194 Å². The number of rotatable bonds is 19. The first-order valence-electron chi connectivity index (χ1n) is 28.4. The summed E-state index contributed by atoms with van der Waals surface area (Å²) < 4.78 is 6.70. The van der Waals surface area contributed by atoms with Crippen LogP contribution in [0.2, 0.25) is 0 Å². The van der Waals surface area contributed by atoms with Crippen LogP contribution in [0.4, 0.5) is 17.1 Å². The fourth-order valence-electron chi connectivity index (χ4n) is 12.5. The lowest BCUT2D eigenvalue weighted by Gasteiger charge is -2.35. The smallest absolute Gasteiger partial charge is 0.127 e. The van der Waals surface area contributed by atoms with Gasteiger partial charge in [0.25, 0.3) is 0 Å². The minimum atomic E-state index is -0.615. The number of fused-ring (bicyclic) bond motifs is 4. The molecule has 2 heteroatoms. The van der Waals surface area contributed by atoms with Crippen molar-refractivity contribution in [2.75, 3.05) is 4.90 Å². The highest BCUT2D eigenvalue weighted by molar-refractivity contribution is 5.90. The molecule has 0 fully saturated rings. The van der Waals surface area contributed by atoms with E-state index in [-0.39, 0.29) is 0 Å². The molecule has 2 nitrogen and oxygen atoms in total. The standard InChI is InChI=1S/C75H69NO/c1-4-6-7-10-17-54-24-36-64(37-25-54)75(65-38-47-70(48-39-65)77-69-45-34-56(35-46-69)53(3)50-55(5-2)62-28-26-61-27-29-63(61)51-62)73-23-16-15-22-71(73)72-49-44-68(52-74(72)75)76(66-40-30-59(31-41-66)57-18-11-8-12-19-57)67-42-32-60(33-43-67)58-20-13-9-14-21-58/h8-9,11-16,18-26,28,30-49,51-53,55H,4-7,10,17,27,29,50H2,1-3H3. The highest BCUT2D eigenvalue weighted by atomic mass is 16.5. The molecule has 2 aliphatic rings. The molecule has 12 rings (SSSR count). The summed E-state index contributed by atoms with van der Waals surface area (Å²) in [5.74, 6) is 2.67. The van der Waals surface area contributed by atoms with Gasteiger partial charge in [-0.15, -0.1) is 0 Å². The first-order chi connectivity index (χ1) is 38.0. The SMILES string of the molecule is CCCCCCc1ccc(C2(c3ccc(Oc4ccc(C(C)CC(CC)c5ccc6c(c5)CC6)cc4)cc3)c3ccccc3-c3ccc(N(c4ccc(-c5ccccc5)cc4)c4ccc(-c5ccccc5)cc4)cc32)cc1. The Morgan fingerprint density at radius 1 is 0.442 bits per heavy atom. The van der Waals surface area contributed by atoms with Crippen molar-refractivity contribution in [1.29, 1.82) is 0 Å². The van der Waals surface area contributed by atoms with Gasteiger partial charge in [-0.25, -0.2) is 0 Å². The highest BCUT2D eigenvalue weighted by Gasteiger charge is 2.46. The summed E-state index contributed by atoms with van der Waals surface area (Å²) in [6.07, 6.45) is 10.8. The molecule has 0 spiro atoms. The maximum Gasteiger partial charge on any atom is 0.127 e. The Bertz CT molecular complexity index is 3500. The number of anilines is 3. The van der Waals surface area contributed by atoms with Gasteiger partial charge in [0.05, 0.1) is 5.41 Å². The quantitative estimate of drug-likeness (QED) is 0.0749. The van der Waals surface area contributed by atoms with Crippen LogP contribution in [0.1, 0.15) is 121 Å². The third-order valence-electron chi connectivity index (χ3n) is 16.9. The largest absolute Gasteiger partial charge is 0.457 e. The number of ether oxygens (including phenoxy) is 1. The Balaban J connectivity index is 0.916. The molecule has 0 radical (unpaired) electrons. The lowest BCUT2D eigenvalue weighted by Crippen LogP contribution is -2.29. The predicted octanol–water partition coefficient (Wildman–Crippen LogP) is 20.6. The molecule has 0 aliphatic heterocycles. The summed E-state index contributed by atoms with van der Waals surface area (Å²) in [6, 6.07) is 90.3. The molecule has 3 unspecified atom stereocenters. The van der Waals surface area contributed by atoms with E-state index >= 15 is 0 Å². The number of aryl methyl sites for hydroxylation is 3. The van der Waals surface area contributed by atoms with Gasteiger partial charge in [0, 0.05) is 17.1 Å². The van der Waals surface area contributed by atoms with E-state index in [0.29, 0.717) is 11.8 Å². The van der Waals surface area contributed by atoms with Crippen LogP contribution >= 0.6 is 0 Å². The fourth-order valence-corrected chi connectivity index (χ4v) is 12.5. The van der Waals surface area contributed by atoms with Crippen molar-refractivity contribution < 1.29 is 4.74 Å². The minimum Gasteiger partial charge on any atom is -0.457 e. The number of benzene rings is 10. The number of hydrogen-bond acceptors (Lipinski definition) is 2. The average molecular weight is 1000 g/mol. The van der Waals surface area contributed by atoms with Crippen molar-refractivity contribution >= 4 is 17.1 Å². The fraction of sp³-hybridized carbons (Fsp3) is 0.200. The second kappa shape index (κ2) is 22.2. The Morgan fingerprint density at radius 3 is 1.56 bits per heavy atom. The van der Waals surface area contributed by atoms with Gasteiger partial charge in [-0.3, -0.25) is 0 Å². The predicted molar refractivity (Wildman–Crippen MR) is 324 cm³/mol. The van der Waals surface area contributed by atoms with Crippen LogP contribution in [-0.4, -0.2) is 0 Å². The molecule has 3 atom stereocenters. The number of hydrogen-bond donors (Lipinski definition) is 0. The van der Waals surface area contributed by atoms with Crippen LogP contribution in [0, 0.1) is 0 Å². The van der Waals surface area contributed by atoms with E-state index in [1.165, 1.54) is 116 Å². The van der Waals surface area contributed by atoms with E-state index in [9.17, 15) is 0 Å². The Hall–Kier alpha value is -8.20. The molecule has 2 aliphatic carbocycles. The second-order valence-electron chi connectivity index (χ2n) is 21.7. The van der Waals surface area contributed by atoms with E-state index in [1.54, 1.807) is 5.56 Å². The number of unbranched alkanes of at least 4 members (excludes halogenated alkanes) is 3. The molecule has 10 aromatic carbocycles. The molecule has 0 aromatic heterocycles. The minimum absolute atomic E-state index is 0.441. The van der Waals surface area contributed by atoms with E-state index in [4.69, 9.17) is 4.74 Å². The molecule has 10 aromatic rings. The van der Waals surface area contributed by atoms with Crippen molar-refractivity contribution in [3.05, 3.63) is 293 Å². The van der Waals surface area contributed by atoms with Gasteiger partial charge in [-0.2, -0.15) is 0 Å². The van der Waals surface area contributed by atoms with E-state index < -0.39 is 5.41 Å². The summed E-state index contributed by atoms with van der Waals surface area (Å²) in [5.41, 5.74) is 22.3. The highest BCUT2D eigenvalue weighted by Crippen LogP contribution is 2.57. The normalized spacial score (nSPS) is 14.9. The van der Waals surface area contributed by atoms with Crippen molar-refractivity contribution in [2.45, 2.75) is 95.8 Å². The second-order valence-corrected chi connectivity index (χ2v) is 21.7. The van der Waals surface area contributed by atoms with Gasteiger partial charge in [-0.1, -0.05) is 222 Å². The van der Waals surface area contributed by atoms with Crippen molar-refractivity contribution in [2.24, 2.45) is 0 Å². The van der Waals surface area contributed by atoms with Gasteiger partial charge in [0.2, 0.25) is 0 Å². The third kappa shape index (κ3) is 9.95. The summed E-state index contributed by atoms with van der Waals surface area (Å²) in [5, 5.41) is 0. The lowest BCUT2D eigenvalue weighted by molar-refractivity contribution is 0.481. The average Bonchev–Trinajstić information content (AvgIpc) is 3.87. The molecule has 380 valence electrons. The zero-order valence-electron chi connectivity index (χ0n) is 45.0. The van der Waals surface area contributed by atoms with Crippen LogP contribution < -0.4 is 9.64 Å². The Kier molecular flexibility index (Phi) is 14.3. The maximum absolute atomic E-state index is 6.70. The van der Waals surface area contributed by atoms with E-state index in [2.05, 4.69) is 268 Å². The van der Waals surface area contributed by atoms with Crippen molar-refractivity contribution in [1.82, 2.24) is 0 Å². The molecule has 77 heavy (non-hydrogen) atoms. The third-order valence-corrected chi connectivity index (χ3v) is 16.9. The van der Waals surface area contributed by atoms with Crippen molar-refractivity contribution in [3.8, 4) is 44.9 Å². The summed E-state index contributed by atoms with van der Waals surface area (Å²) >= 11 is 0. The molecule has 0 N–H and O–H groups in total. The van der Waals surface area contributed by atoms with Crippen LogP contribution in [0.5, 0.6) is 11.5 Å². The molecular formula is C75H69NO. The first-order valence-corrected chi connectivity index (χ1v) is 28.4. The molecular weight excluding hydrogens is 931 g/mol. The molecule has 0 amide bonds. The van der Waals surface area contributed by atoms with Gasteiger partial charge < -0.3 is 9.64 Å². The monoisotopic (exact) mass is 1000 g/mol. The first kappa shape index (κ1) is 49.7. The number of nitrogens with zero attached hydrogens (tertiary/aromatic N) is 1. The molecule has 0 saturated heterocycles. The zero-order chi connectivity index (χ0) is 52.1. The summed E-state index contributed by atoms with van der Waals surface area (Å²) in [4.78, 5) is 2.43. The molecule has 0 saturated carbocycles. The maximum atomic E-state index is 6.70. The lowest BCUT2D eigenvalue weighted by atomic mass is 9.67. The van der Waals surface area contributed by atoms with Gasteiger partial charge >= 0.3 is 0 Å². The van der Waals surface area contributed by atoms with Crippen LogP contribution in [0.15, 0.2) is 243 Å². The van der Waals surface area contributed by atoms with Crippen LogP contribution in [-0.2, 0) is 24.7 Å². The van der Waals surface area contributed by atoms with E-state index in [0.717, 1.165) is 47.8 Å². The summed E-state index contributed by atoms with van der Waals surface area (Å²) in [7, 11) is 0. The van der Waals surface area contributed by atoms with Crippen LogP contribution in [0.25, 0.3) is 33.4 Å². The topological polar surface area (TPSA) is 12.5 Å². The van der Waals surface area contributed by atoms with Gasteiger partial charge in [0.15, 0.2) is 0 Å². The molecule has 0 heterocycles. The van der Waals surface area contributed by atoms with Crippen molar-refractivity contribution in [3.63, 3.8) is 0 Å². The van der Waals surface area contributed by atoms with Gasteiger partial charge in [0.1, 0.15) is 11.5 Å². The Morgan fingerprint density at radius 2 is 0.974 bits per heavy atom.